The zero-order chi connectivity index (χ0) is 22.9. The van der Waals surface area contributed by atoms with E-state index < -0.39 is 0 Å². The molecule has 0 radical (unpaired) electrons. The first kappa shape index (κ1) is 22.3. The maximum atomic E-state index is 12.4. The third-order valence-corrected chi connectivity index (χ3v) is 5.12. The zero-order valence-corrected chi connectivity index (χ0v) is 19.2. The largest absolute Gasteiger partial charge is 0.489 e. The van der Waals surface area contributed by atoms with Gasteiger partial charge >= 0.3 is 0 Å². The molecular weight excluding hydrogens is 480 g/mol. The first-order valence-corrected chi connectivity index (χ1v) is 11.1. The predicted molar refractivity (Wildman–Crippen MR) is 133 cm³/mol. The average Bonchev–Trinajstić information content (AvgIpc) is 2.84. The van der Waals surface area contributed by atoms with Gasteiger partial charge in [0, 0.05) is 10.0 Å². The van der Waals surface area contributed by atoms with Gasteiger partial charge in [0.25, 0.3) is 5.91 Å². The Morgan fingerprint density at radius 2 is 1.58 bits per heavy atom. The standard InChI is InChI=1S/C27H21BrN2O3/c28-23-8-4-7-21(16-23)19-32-24-14-12-22(13-15-24)27(31)30-29-18-20-6-5-11-26(17-20)33-25-9-2-1-3-10-25/h1-18H,19H2,(H,30,31)/b29-18+. The van der Waals surface area contributed by atoms with Gasteiger partial charge in [0.1, 0.15) is 23.9 Å². The van der Waals surface area contributed by atoms with E-state index in [1.165, 1.54) is 0 Å². The van der Waals surface area contributed by atoms with E-state index >= 15 is 0 Å². The van der Waals surface area contributed by atoms with Gasteiger partial charge in [-0.05, 0) is 71.8 Å². The lowest BCUT2D eigenvalue weighted by molar-refractivity contribution is 0.0955. The maximum absolute atomic E-state index is 12.4. The van der Waals surface area contributed by atoms with Crippen LogP contribution in [0.3, 0.4) is 0 Å². The van der Waals surface area contributed by atoms with Crippen LogP contribution in [0.1, 0.15) is 21.5 Å². The van der Waals surface area contributed by atoms with E-state index in [0.717, 1.165) is 21.3 Å². The summed E-state index contributed by atoms with van der Waals surface area (Å²) < 4.78 is 12.6. The van der Waals surface area contributed by atoms with Crippen molar-refractivity contribution in [2.75, 3.05) is 0 Å². The van der Waals surface area contributed by atoms with Crippen LogP contribution in [-0.4, -0.2) is 12.1 Å². The number of nitrogens with zero attached hydrogens (tertiary/aromatic N) is 1. The minimum Gasteiger partial charge on any atom is -0.489 e. The van der Waals surface area contributed by atoms with Gasteiger partial charge in [-0.15, -0.1) is 0 Å². The Hall–Kier alpha value is -3.90. The number of hydrogen-bond donors (Lipinski definition) is 1. The second-order valence-corrected chi connectivity index (χ2v) is 8.05. The van der Waals surface area contributed by atoms with E-state index in [2.05, 4.69) is 26.5 Å². The fourth-order valence-electron chi connectivity index (χ4n) is 3.01. The third-order valence-electron chi connectivity index (χ3n) is 4.63. The molecule has 0 unspecified atom stereocenters. The van der Waals surface area contributed by atoms with Crippen molar-refractivity contribution in [3.8, 4) is 17.2 Å². The topological polar surface area (TPSA) is 59.9 Å². The summed E-state index contributed by atoms with van der Waals surface area (Å²) in [6.07, 6.45) is 1.57. The Morgan fingerprint density at radius 1 is 0.818 bits per heavy atom. The minimum absolute atomic E-state index is 0.304. The number of carbonyl (C=O) groups excluding carboxylic acids is 1. The highest BCUT2D eigenvalue weighted by atomic mass is 79.9. The highest BCUT2D eigenvalue weighted by molar-refractivity contribution is 9.10. The molecule has 164 valence electrons. The number of nitrogens with one attached hydrogen (secondary N) is 1. The van der Waals surface area contributed by atoms with Crippen LogP contribution in [0.15, 0.2) is 113 Å². The van der Waals surface area contributed by atoms with Gasteiger partial charge < -0.3 is 9.47 Å². The molecule has 0 saturated heterocycles. The van der Waals surface area contributed by atoms with Crippen molar-refractivity contribution in [3.05, 3.63) is 124 Å². The van der Waals surface area contributed by atoms with Crippen molar-refractivity contribution in [2.24, 2.45) is 5.10 Å². The van der Waals surface area contributed by atoms with E-state index in [1.54, 1.807) is 30.5 Å². The lowest BCUT2D eigenvalue weighted by Gasteiger charge is -2.07. The smallest absolute Gasteiger partial charge is 0.271 e. The number of hydrogen-bond acceptors (Lipinski definition) is 4. The molecule has 4 rings (SSSR count). The van der Waals surface area contributed by atoms with Crippen molar-refractivity contribution in [1.82, 2.24) is 5.43 Å². The second-order valence-electron chi connectivity index (χ2n) is 7.13. The summed E-state index contributed by atoms with van der Waals surface area (Å²) in [4.78, 5) is 12.4. The van der Waals surface area contributed by atoms with Crippen LogP contribution in [0.25, 0.3) is 0 Å². The molecule has 6 heteroatoms. The summed E-state index contributed by atoms with van der Waals surface area (Å²) in [7, 11) is 0. The average molecular weight is 501 g/mol. The first-order chi connectivity index (χ1) is 16.2. The fourth-order valence-corrected chi connectivity index (χ4v) is 3.46. The fraction of sp³-hybridized carbons (Fsp3) is 0.0370. The number of carbonyl (C=O) groups is 1. The van der Waals surface area contributed by atoms with Crippen LogP contribution >= 0.6 is 15.9 Å². The molecule has 1 amide bonds. The van der Waals surface area contributed by atoms with E-state index in [-0.39, 0.29) is 5.91 Å². The monoisotopic (exact) mass is 500 g/mol. The Morgan fingerprint density at radius 3 is 2.36 bits per heavy atom. The minimum atomic E-state index is -0.304. The van der Waals surface area contributed by atoms with Crippen LogP contribution in [-0.2, 0) is 6.61 Å². The molecule has 0 aliphatic carbocycles. The second kappa shape index (κ2) is 11.1. The van der Waals surface area contributed by atoms with Crippen molar-refractivity contribution in [2.45, 2.75) is 6.61 Å². The molecule has 4 aromatic rings. The lowest BCUT2D eigenvalue weighted by Crippen LogP contribution is -2.17. The van der Waals surface area contributed by atoms with Gasteiger partial charge in [-0.1, -0.05) is 58.4 Å². The molecule has 4 aromatic carbocycles. The van der Waals surface area contributed by atoms with Gasteiger partial charge in [0.15, 0.2) is 0 Å². The molecule has 0 aliphatic heterocycles. The summed E-state index contributed by atoms with van der Waals surface area (Å²) in [6, 6.07) is 31.9. The van der Waals surface area contributed by atoms with Crippen LogP contribution < -0.4 is 14.9 Å². The van der Waals surface area contributed by atoms with E-state index in [1.807, 2.05) is 78.9 Å². The van der Waals surface area contributed by atoms with Gasteiger partial charge in [0.2, 0.25) is 0 Å². The SMILES string of the molecule is O=C(N/N=C/c1cccc(Oc2ccccc2)c1)c1ccc(OCc2cccc(Br)c2)cc1. The Balaban J connectivity index is 1.30. The van der Waals surface area contributed by atoms with Crippen LogP contribution in [0.5, 0.6) is 17.2 Å². The number of hydrazone groups is 1. The van der Waals surface area contributed by atoms with Gasteiger partial charge in [0.05, 0.1) is 6.21 Å². The number of benzene rings is 4. The molecule has 0 aromatic heterocycles. The number of para-hydroxylation sites is 1. The number of amides is 1. The quantitative estimate of drug-likeness (QED) is 0.219. The highest BCUT2D eigenvalue weighted by Crippen LogP contribution is 2.21. The summed E-state index contributed by atoms with van der Waals surface area (Å²) >= 11 is 3.45. The number of halogens is 1. The van der Waals surface area contributed by atoms with Crippen molar-refractivity contribution in [3.63, 3.8) is 0 Å². The molecule has 0 aliphatic rings. The third kappa shape index (κ3) is 6.79. The molecule has 0 atom stereocenters. The Labute approximate surface area is 200 Å². The summed E-state index contributed by atoms with van der Waals surface area (Å²) in [6.45, 7) is 0.447. The normalized spacial score (nSPS) is 10.7. The van der Waals surface area contributed by atoms with E-state index in [4.69, 9.17) is 9.47 Å². The van der Waals surface area contributed by atoms with Gasteiger partial charge in [-0.25, -0.2) is 5.43 Å². The molecule has 0 heterocycles. The molecule has 0 spiro atoms. The van der Waals surface area contributed by atoms with Gasteiger partial charge in [-0.2, -0.15) is 5.10 Å². The molecule has 33 heavy (non-hydrogen) atoms. The van der Waals surface area contributed by atoms with Crippen molar-refractivity contribution in [1.29, 1.82) is 0 Å². The summed E-state index contributed by atoms with van der Waals surface area (Å²) in [5.74, 6) is 1.82. The first-order valence-electron chi connectivity index (χ1n) is 10.3. The zero-order valence-electron chi connectivity index (χ0n) is 17.6. The summed E-state index contributed by atoms with van der Waals surface area (Å²) in [5, 5.41) is 4.06. The van der Waals surface area contributed by atoms with Gasteiger partial charge in [-0.3, -0.25) is 4.79 Å². The molecule has 5 nitrogen and oxygen atoms in total. The Bertz CT molecular complexity index is 1240. The molecule has 0 saturated carbocycles. The van der Waals surface area contributed by atoms with Crippen molar-refractivity contribution < 1.29 is 14.3 Å². The van der Waals surface area contributed by atoms with Crippen molar-refractivity contribution >= 4 is 28.1 Å². The highest BCUT2D eigenvalue weighted by Gasteiger charge is 2.05. The van der Waals surface area contributed by atoms with E-state index in [0.29, 0.717) is 23.7 Å². The van der Waals surface area contributed by atoms with Crippen LogP contribution in [0.4, 0.5) is 0 Å². The summed E-state index contributed by atoms with van der Waals surface area (Å²) in [5.41, 5.74) is 4.89. The molecule has 0 fully saturated rings. The molecule has 0 bridgehead atoms. The predicted octanol–water partition coefficient (Wildman–Crippen LogP) is 6.58. The number of rotatable bonds is 8. The van der Waals surface area contributed by atoms with Crippen LogP contribution in [0, 0.1) is 0 Å². The number of ether oxygens (including phenoxy) is 2. The molecule has 1 N–H and O–H groups in total. The van der Waals surface area contributed by atoms with Crippen LogP contribution in [0.2, 0.25) is 0 Å². The maximum Gasteiger partial charge on any atom is 0.271 e. The lowest BCUT2D eigenvalue weighted by atomic mass is 10.2. The molecular formula is C27H21BrN2O3. The Kier molecular flexibility index (Phi) is 7.51. The van der Waals surface area contributed by atoms with E-state index in [9.17, 15) is 4.79 Å².